The Hall–Kier alpha value is -1.45. The number of hydrogen-bond donors (Lipinski definition) is 1. The summed E-state index contributed by atoms with van der Waals surface area (Å²) in [7, 11) is 2.83. The topological polar surface area (TPSA) is 76.5 Å². The minimum absolute atomic E-state index is 0.271. The van der Waals surface area contributed by atoms with Crippen LogP contribution < -0.4 is 0 Å². The van der Waals surface area contributed by atoms with E-state index in [2.05, 4.69) is 11.3 Å². The summed E-state index contributed by atoms with van der Waals surface area (Å²) in [5.74, 6) is -0.422. The fraction of sp³-hybridized carbons (Fsp3) is 0.500. The Morgan fingerprint density at radius 3 is 2.15 bits per heavy atom. The molecule has 0 aliphatic rings. The standard InChI is InChI=1S/C7H12O3.CHNO/c1-5(6(2)9-3)7(8)10-4;2-1-3/h6H,1H2,2-4H3;2H. The Labute approximate surface area is 76.8 Å². The molecule has 0 radical (unpaired) electrons. The van der Waals surface area contributed by atoms with Crippen LogP contribution in [0.2, 0.25) is 0 Å². The van der Waals surface area contributed by atoms with Crippen LogP contribution in [0.5, 0.6) is 0 Å². The second kappa shape index (κ2) is 8.64. The lowest BCUT2D eigenvalue weighted by atomic mass is 10.2. The number of nitrogens with one attached hydrogen (secondary N) is 1. The van der Waals surface area contributed by atoms with Crippen molar-refractivity contribution < 1.29 is 19.1 Å². The molecule has 1 unspecified atom stereocenters. The van der Waals surface area contributed by atoms with E-state index in [0.29, 0.717) is 5.57 Å². The van der Waals surface area contributed by atoms with Gasteiger partial charge in [0.15, 0.2) is 0 Å². The van der Waals surface area contributed by atoms with Gasteiger partial charge < -0.3 is 9.47 Å². The Kier molecular flexibility index (Phi) is 9.37. The lowest BCUT2D eigenvalue weighted by Gasteiger charge is -2.09. The number of esters is 1. The first-order valence-corrected chi connectivity index (χ1v) is 3.38. The summed E-state index contributed by atoms with van der Waals surface area (Å²) in [5.41, 5.74) is 0.338. The number of ether oxygens (including phenoxy) is 2. The van der Waals surface area contributed by atoms with E-state index in [-0.39, 0.29) is 6.10 Å². The predicted molar refractivity (Wildman–Crippen MR) is 46.0 cm³/mol. The summed E-state index contributed by atoms with van der Waals surface area (Å²) >= 11 is 0. The molecule has 1 atom stereocenters. The molecule has 0 aliphatic carbocycles. The number of carbonyl (C=O) groups excluding carboxylic acids is 2. The quantitative estimate of drug-likeness (QED) is 0.304. The van der Waals surface area contributed by atoms with Gasteiger partial charge in [0.1, 0.15) is 0 Å². The molecule has 0 aromatic heterocycles. The largest absolute Gasteiger partial charge is 0.466 e. The van der Waals surface area contributed by atoms with Crippen LogP contribution in [0.15, 0.2) is 12.2 Å². The highest BCUT2D eigenvalue weighted by Gasteiger charge is 2.13. The Bertz CT molecular complexity index is 206. The molecule has 0 rings (SSSR count). The van der Waals surface area contributed by atoms with E-state index in [1.165, 1.54) is 14.2 Å². The van der Waals surface area contributed by atoms with Gasteiger partial charge in [-0.25, -0.2) is 15.0 Å². The van der Waals surface area contributed by atoms with Crippen molar-refractivity contribution in [3.05, 3.63) is 12.2 Å². The fourth-order valence-corrected chi connectivity index (χ4v) is 0.439. The molecule has 0 aromatic carbocycles. The summed E-state index contributed by atoms with van der Waals surface area (Å²) in [6, 6.07) is 0. The summed E-state index contributed by atoms with van der Waals surface area (Å²) in [6.45, 7) is 5.23. The van der Waals surface area contributed by atoms with Gasteiger partial charge in [0, 0.05) is 7.11 Å². The SMILES string of the molecule is C=C(C(=O)OC)C(C)OC.N=C=O. The molecule has 5 heteroatoms. The van der Waals surface area contributed by atoms with Gasteiger partial charge in [-0.1, -0.05) is 6.58 Å². The molecule has 0 amide bonds. The van der Waals surface area contributed by atoms with Crippen LogP contribution in [0.3, 0.4) is 0 Å². The van der Waals surface area contributed by atoms with Gasteiger partial charge in [-0.05, 0) is 6.92 Å². The molecule has 0 bridgehead atoms. The second-order valence-electron chi connectivity index (χ2n) is 2.00. The van der Waals surface area contributed by atoms with Gasteiger partial charge in [0.2, 0.25) is 6.08 Å². The van der Waals surface area contributed by atoms with Crippen molar-refractivity contribution in [2.24, 2.45) is 0 Å². The maximum atomic E-state index is 10.7. The van der Waals surface area contributed by atoms with E-state index >= 15 is 0 Å². The average molecular weight is 187 g/mol. The van der Waals surface area contributed by atoms with Crippen LogP contribution in [0.1, 0.15) is 6.92 Å². The maximum absolute atomic E-state index is 10.7. The van der Waals surface area contributed by atoms with Crippen LogP contribution in [-0.2, 0) is 19.1 Å². The third-order valence-electron chi connectivity index (χ3n) is 1.29. The molecular weight excluding hydrogens is 174 g/mol. The Morgan fingerprint density at radius 1 is 1.54 bits per heavy atom. The van der Waals surface area contributed by atoms with Gasteiger partial charge in [0.25, 0.3) is 0 Å². The molecular formula is C8H13NO4. The zero-order valence-corrected chi connectivity index (χ0v) is 7.92. The third kappa shape index (κ3) is 6.93. The minimum Gasteiger partial charge on any atom is -0.466 e. The predicted octanol–water partition coefficient (Wildman–Crippen LogP) is 0.651. The fourth-order valence-electron chi connectivity index (χ4n) is 0.439. The molecule has 1 N–H and O–H groups in total. The summed E-state index contributed by atoms with van der Waals surface area (Å²) in [4.78, 5) is 19.1. The first-order valence-electron chi connectivity index (χ1n) is 3.38. The first kappa shape index (κ1) is 14.1. The van der Waals surface area contributed by atoms with Crippen LogP contribution >= 0.6 is 0 Å². The summed E-state index contributed by atoms with van der Waals surface area (Å²) in [6.07, 6.45) is 0.479. The van der Waals surface area contributed by atoms with E-state index in [9.17, 15) is 4.79 Å². The van der Waals surface area contributed by atoms with E-state index in [4.69, 9.17) is 14.9 Å². The summed E-state index contributed by atoms with van der Waals surface area (Å²) in [5, 5.41) is 5.40. The molecule has 74 valence electrons. The number of hydrogen-bond acceptors (Lipinski definition) is 5. The molecule has 0 saturated heterocycles. The lowest BCUT2D eigenvalue weighted by Crippen LogP contribution is -2.16. The van der Waals surface area contributed by atoms with Crippen molar-refractivity contribution in [1.29, 1.82) is 5.41 Å². The highest BCUT2D eigenvalue weighted by molar-refractivity contribution is 5.88. The smallest absolute Gasteiger partial charge is 0.335 e. The van der Waals surface area contributed by atoms with Crippen molar-refractivity contribution in [2.75, 3.05) is 14.2 Å². The zero-order valence-electron chi connectivity index (χ0n) is 7.92. The first-order chi connectivity index (χ1) is 6.04. The van der Waals surface area contributed by atoms with Crippen LogP contribution in [-0.4, -0.2) is 32.4 Å². The van der Waals surface area contributed by atoms with E-state index in [1.54, 1.807) is 6.92 Å². The molecule has 0 spiro atoms. The van der Waals surface area contributed by atoms with Gasteiger partial charge in [0.05, 0.1) is 18.8 Å². The Balaban J connectivity index is 0. The lowest BCUT2D eigenvalue weighted by molar-refractivity contribution is -0.137. The number of rotatable bonds is 3. The van der Waals surface area contributed by atoms with Crippen molar-refractivity contribution in [2.45, 2.75) is 13.0 Å². The monoisotopic (exact) mass is 187 g/mol. The van der Waals surface area contributed by atoms with Crippen LogP contribution in [0.25, 0.3) is 0 Å². The van der Waals surface area contributed by atoms with E-state index in [0.717, 1.165) is 6.08 Å². The van der Waals surface area contributed by atoms with E-state index < -0.39 is 5.97 Å². The molecule has 0 heterocycles. The molecule has 13 heavy (non-hydrogen) atoms. The number of isocyanates is 1. The van der Waals surface area contributed by atoms with Crippen molar-refractivity contribution in [3.63, 3.8) is 0 Å². The van der Waals surface area contributed by atoms with Crippen LogP contribution in [0.4, 0.5) is 0 Å². The Morgan fingerprint density at radius 2 is 1.92 bits per heavy atom. The summed E-state index contributed by atoms with van der Waals surface area (Å²) < 4.78 is 9.25. The van der Waals surface area contributed by atoms with Gasteiger partial charge in [-0.15, -0.1) is 0 Å². The maximum Gasteiger partial charge on any atom is 0.335 e. The van der Waals surface area contributed by atoms with Gasteiger partial charge >= 0.3 is 5.97 Å². The molecule has 0 saturated carbocycles. The second-order valence-corrected chi connectivity index (χ2v) is 2.00. The van der Waals surface area contributed by atoms with Gasteiger partial charge in [-0.3, -0.25) is 0 Å². The average Bonchev–Trinajstić information content (AvgIpc) is 2.15. The third-order valence-corrected chi connectivity index (χ3v) is 1.29. The highest BCUT2D eigenvalue weighted by atomic mass is 16.5. The molecule has 5 nitrogen and oxygen atoms in total. The normalized spacial score (nSPS) is 10.1. The minimum atomic E-state index is -0.422. The molecule has 0 aromatic rings. The van der Waals surface area contributed by atoms with Crippen molar-refractivity contribution in [3.8, 4) is 0 Å². The van der Waals surface area contributed by atoms with E-state index in [1.807, 2.05) is 0 Å². The van der Waals surface area contributed by atoms with Crippen LogP contribution in [0, 0.1) is 5.41 Å². The molecule has 0 aliphatic heterocycles. The molecule has 0 fully saturated rings. The number of methoxy groups -OCH3 is 2. The van der Waals surface area contributed by atoms with Gasteiger partial charge in [-0.2, -0.15) is 0 Å². The van der Waals surface area contributed by atoms with Crippen molar-refractivity contribution >= 4 is 12.0 Å². The van der Waals surface area contributed by atoms with Crippen molar-refractivity contribution in [1.82, 2.24) is 0 Å². The number of carbonyl (C=O) groups is 1. The highest BCUT2D eigenvalue weighted by Crippen LogP contribution is 2.03. The zero-order chi connectivity index (χ0) is 10.9.